The summed E-state index contributed by atoms with van der Waals surface area (Å²) in [5.41, 5.74) is -1.02. The van der Waals surface area contributed by atoms with E-state index in [1.54, 1.807) is 13.8 Å². The first-order chi connectivity index (χ1) is 8.56. The molecule has 0 aromatic carbocycles. The highest BCUT2D eigenvalue weighted by Crippen LogP contribution is 2.20. The van der Waals surface area contributed by atoms with Crippen LogP contribution >= 0.6 is 0 Å². The Bertz CT molecular complexity index is 312. The highest BCUT2D eigenvalue weighted by atomic mass is 16.4. The molecule has 0 aromatic rings. The molecule has 0 spiro atoms. The van der Waals surface area contributed by atoms with Gasteiger partial charge in [0, 0.05) is 19.0 Å². The van der Waals surface area contributed by atoms with E-state index in [0.29, 0.717) is 12.5 Å². The topological polar surface area (TPSA) is 69.6 Å². The van der Waals surface area contributed by atoms with Gasteiger partial charge in [0.25, 0.3) is 0 Å². The minimum atomic E-state index is -1.02. The molecule has 0 aromatic heterocycles. The minimum Gasteiger partial charge on any atom is -0.481 e. The number of nitrogens with one attached hydrogen (secondary N) is 1. The van der Waals surface area contributed by atoms with Crippen molar-refractivity contribution in [2.75, 3.05) is 20.6 Å². The first-order valence-electron chi connectivity index (χ1n) is 6.72. The fourth-order valence-corrected chi connectivity index (χ4v) is 1.79. The largest absolute Gasteiger partial charge is 0.481 e. The number of amides is 1. The average molecular weight is 272 g/mol. The molecule has 112 valence electrons. The van der Waals surface area contributed by atoms with Gasteiger partial charge in [0.15, 0.2) is 0 Å². The Balaban J connectivity index is 4.30. The van der Waals surface area contributed by atoms with Gasteiger partial charge in [-0.1, -0.05) is 13.8 Å². The van der Waals surface area contributed by atoms with Crippen molar-refractivity contribution in [3.63, 3.8) is 0 Å². The highest BCUT2D eigenvalue weighted by Gasteiger charge is 2.30. The van der Waals surface area contributed by atoms with E-state index in [1.165, 1.54) is 0 Å². The van der Waals surface area contributed by atoms with Crippen LogP contribution in [0.5, 0.6) is 0 Å². The number of likely N-dealkylation sites (N-methyl/N-ethyl adjacent to an activating group) is 1. The predicted molar refractivity (Wildman–Crippen MR) is 76.0 cm³/mol. The van der Waals surface area contributed by atoms with Crippen LogP contribution in [-0.2, 0) is 9.59 Å². The highest BCUT2D eigenvalue weighted by molar-refractivity contribution is 5.84. The SMILES string of the molecule is CC(C)CC(CNC(=O)CC(C)(C)C(=O)O)N(C)C. The van der Waals surface area contributed by atoms with Crippen LogP contribution in [0.2, 0.25) is 0 Å². The quantitative estimate of drug-likeness (QED) is 0.704. The second kappa shape index (κ2) is 7.48. The maximum atomic E-state index is 11.8. The Kier molecular flexibility index (Phi) is 7.05. The lowest BCUT2D eigenvalue weighted by atomic mass is 9.89. The normalized spacial score (nSPS) is 13.7. The Morgan fingerprint density at radius 3 is 2.16 bits per heavy atom. The van der Waals surface area contributed by atoms with Gasteiger partial charge >= 0.3 is 5.97 Å². The van der Waals surface area contributed by atoms with Gasteiger partial charge in [-0.3, -0.25) is 9.59 Å². The Labute approximate surface area is 116 Å². The first kappa shape index (κ1) is 17.9. The number of rotatable bonds is 8. The molecule has 0 aliphatic heterocycles. The minimum absolute atomic E-state index is 0.00413. The van der Waals surface area contributed by atoms with E-state index in [2.05, 4.69) is 24.1 Å². The number of carbonyl (C=O) groups is 2. The summed E-state index contributed by atoms with van der Waals surface area (Å²) in [6.45, 7) is 7.97. The van der Waals surface area contributed by atoms with E-state index < -0.39 is 11.4 Å². The summed E-state index contributed by atoms with van der Waals surface area (Å²) in [5, 5.41) is 11.8. The van der Waals surface area contributed by atoms with Gasteiger partial charge in [-0.15, -0.1) is 0 Å². The van der Waals surface area contributed by atoms with Gasteiger partial charge in [-0.05, 0) is 40.3 Å². The molecule has 2 N–H and O–H groups in total. The van der Waals surface area contributed by atoms with E-state index in [-0.39, 0.29) is 18.4 Å². The van der Waals surface area contributed by atoms with Crippen LogP contribution in [0, 0.1) is 11.3 Å². The molecule has 19 heavy (non-hydrogen) atoms. The molecule has 0 fully saturated rings. The molecule has 1 amide bonds. The monoisotopic (exact) mass is 272 g/mol. The number of nitrogens with zero attached hydrogens (tertiary/aromatic N) is 1. The van der Waals surface area contributed by atoms with Crippen LogP contribution in [0.1, 0.15) is 40.5 Å². The van der Waals surface area contributed by atoms with Crippen molar-refractivity contribution < 1.29 is 14.7 Å². The van der Waals surface area contributed by atoms with Crippen molar-refractivity contribution in [1.82, 2.24) is 10.2 Å². The molecule has 5 nitrogen and oxygen atoms in total. The summed E-state index contributed by atoms with van der Waals surface area (Å²) in [6.07, 6.45) is 1.000. The van der Waals surface area contributed by atoms with Crippen molar-refractivity contribution >= 4 is 11.9 Å². The third-order valence-electron chi connectivity index (χ3n) is 3.19. The Morgan fingerprint density at radius 1 is 1.26 bits per heavy atom. The molecule has 0 heterocycles. The number of carbonyl (C=O) groups excluding carboxylic acids is 1. The maximum absolute atomic E-state index is 11.8. The number of carboxylic acid groups (broad SMARTS) is 1. The summed E-state index contributed by atoms with van der Waals surface area (Å²) in [7, 11) is 3.97. The molecule has 0 bridgehead atoms. The molecular formula is C14H28N2O3. The van der Waals surface area contributed by atoms with Crippen LogP contribution in [0.3, 0.4) is 0 Å². The molecule has 5 heteroatoms. The number of hydrogen-bond donors (Lipinski definition) is 2. The molecule has 1 unspecified atom stereocenters. The van der Waals surface area contributed by atoms with Gasteiger partial charge in [0.05, 0.1) is 5.41 Å². The molecule has 0 saturated heterocycles. The van der Waals surface area contributed by atoms with Crippen molar-refractivity contribution in [1.29, 1.82) is 0 Å². The molecule has 1 atom stereocenters. The molecule has 0 radical (unpaired) electrons. The number of aliphatic carboxylic acids is 1. The van der Waals surface area contributed by atoms with Gasteiger partial charge in [0.2, 0.25) is 5.91 Å². The lowest BCUT2D eigenvalue weighted by Gasteiger charge is -2.27. The molecular weight excluding hydrogens is 244 g/mol. The van der Waals surface area contributed by atoms with Gasteiger partial charge in [-0.2, -0.15) is 0 Å². The van der Waals surface area contributed by atoms with Crippen molar-refractivity contribution in [3.8, 4) is 0 Å². The molecule has 0 aliphatic carbocycles. The summed E-state index contributed by atoms with van der Waals surface area (Å²) >= 11 is 0. The van der Waals surface area contributed by atoms with Gasteiger partial charge in [0.1, 0.15) is 0 Å². The van der Waals surface area contributed by atoms with Crippen LogP contribution in [0.25, 0.3) is 0 Å². The summed E-state index contributed by atoms with van der Waals surface area (Å²) in [5.74, 6) is -0.600. The second-order valence-corrected chi connectivity index (χ2v) is 6.42. The predicted octanol–water partition coefficient (Wildman–Crippen LogP) is 1.58. The molecule has 0 rings (SSSR count). The van der Waals surface area contributed by atoms with Crippen LogP contribution in [-0.4, -0.2) is 48.6 Å². The third-order valence-corrected chi connectivity index (χ3v) is 3.19. The zero-order valence-electron chi connectivity index (χ0n) is 13.0. The van der Waals surface area contributed by atoms with E-state index in [4.69, 9.17) is 5.11 Å². The fraction of sp³-hybridized carbons (Fsp3) is 0.857. The van der Waals surface area contributed by atoms with Crippen molar-refractivity contribution in [2.45, 2.75) is 46.6 Å². The van der Waals surface area contributed by atoms with Crippen LogP contribution < -0.4 is 5.32 Å². The summed E-state index contributed by atoms with van der Waals surface area (Å²) < 4.78 is 0. The third kappa shape index (κ3) is 7.15. The Hall–Kier alpha value is -1.10. The van der Waals surface area contributed by atoms with E-state index in [1.807, 2.05) is 14.1 Å². The van der Waals surface area contributed by atoms with E-state index in [0.717, 1.165) is 6.42 Å². The van der Waals surface area contributed by atoms with Crippen LogP contribution in [0.15, 0.2) is 0 Å². The van der Waals surface area contributed by atoms with Gasteiger partial charge < -0.3 is 15.3 Å². The standard InChI is InChI=1S/C14H28N2O3/c1-10(2)7-11(16(5)6)9-15-12(17)8-14(3,4)13(18)19/h10-11H,7-9H2,1-6H3,(H,15,17)(H,18,19). The summed E-state index contributed by atoms with van der Waals surface area (Å²) in [6, 6.07) is 0.275. The van der Waals surface area contributed by atoms with Crippen molar-refractivity contribution in [2.24, 2.45) is 11.3 Å². The zero-order valence-corrected chi connectivity index (χ0v) is 13.0. The lowest BCUT2D eigenvalue weighted by Crippen LogP contribution is -2.42. The van der Waals surface area contributed by atoms with Crippen molar-refractivity contribution in [3.05, 3.63) is 0 Å². The number of hydrogen-bond acceptors (Lipinski definition) is 3. The van der Waals surface area contributed by atoms with Crippen LogP contribution in [0.4, 0.5) is 0 Å². The second-order valence-electron chi connectivity index (χ2n) is 6.42. The lowest BCUT2D eigenvalue weighted by molar-refractivity contribution is -0.149. The molecule has 0 aliphatic rings. The number of carboxylic acids is 1. The smallest absolute Gasteiger partial charge is 0.309 e. The van der Waals surface area contributed by atoms with Gasteiger partial charge in [-0.25, -0.2) is 0 Å². The maximum Gasteiger partial charge on any atom is 0.309 e. The molecule has 0 saturated carbocycles. The first-order valence-corrected chi connectivity index (χ1v) is 6.72. The average Bonchev–Trinajstić information content (AvgIpc) is 2.22. The zero-order chi connectivity index (χ0) is 15.2. The summed E-state index contributed by atoms with van der Waals surface area (Å²) in [4.78, 5) is 24.8. The van der Waals surface area contributed by atoms with E-state index >= 15 is 0 Å². The fourth-order valence-electron chi connectivity index (χ4n) is 1.79. The Morgan fingerprint density at radius 2 is 1.79 bits per heavy atom. The van der Waals surface area contributed by atoms with E-state index in [9.17, 15) is 9.59 Å².